The van der Waals surface area contributed by atoms with Gasteiger partial charge >= 0.3 is 0 Å². The summed E-state index contributed by atoms with van der Waals surface area (Å²) in [5.74, 6) is -0.647. The fourth-order valence-electron chi connectivity index (χ4n) is 4.33. The van der Waals surface area contributed by atoms with Crippen molar-refractivity contribution in [3.63, 3.8) is 0 Å². The first-order valence-electron chi connectivity index (χ1n) is 11.6. The molecule has 0 aliphatic heterocycles. The molecule has 7 nitrogen and oxygen atoms in total. The summed E-state index contributed by atoms with van der Waals surface area (Å²) in [7, 11) is 0. The minimum Gasteiger partial charge on any atom is -0.467 e. The number of nitrogens with zero attached hydrogens (tertiary/aromatic N) is 1. The summed E-state index contributed by atoms with van der Waals surface area (Å²) in [5.41, 5.74) is 1.43. The molecule has 4 rings (SSSR count). The van der Waals surface area contributed by atoms with Crippen LogP contribution in [-0.2, 0) is 9.59 Å². The van der Waals surface area contributed by atoms with E-state index in [9.17, 15) is 14.4 Å². The lowest BCUT2D eigenvalue weighted by molar-refractivity contribution is -0.127. The number of para-hydroxylation sites is 1. The Morgan fingerprint density at radius 1 is 1.06 bits per heavy atom. The van der Waals surface area contributed by atoms with E-state index in [0.29, 0.717) is 16.3 Å². The molecule has 1 unspecified atom stereocenters. The van der Waals surface area contributed by atoms with Crippen LogP contribution < -0.4 is 15.5 Å². The maximum Gasteiger partial charge on any atom is 0.261 e. The number of furan rings is 1. The van der Waals surface area contributed by atoms with Crippen molar-refractivity contribution < 1.29 is 18.8 Å². The molecule has 8 heteroatoms. The Balaban J connectivity index is 1.64. The van der Waals surface area contributed by atoms with Crippen LogP contribution >= 0.6 is 11.3 Å². The predicted molar refractivity (Wildman–Crippen MR) is 132 cm³/mol. The summed E-state index contributed by atoms with van der Waals surface area (Å²) in [4.78, 5) is 41.6. The summed E-state index contributed by atoms with van der Waals surface area (Å²) >= 11 is 1.30. The van der Waals surface area contributed by atoms with Gasteiger partial charge in [-0.05, 0) is 55.0 Å². The standard InChI is InChI=1S/C26H29N3O4S/c1-18-9-5-6-12-20(18)29(23(30)17-27-25(31)22-14-8-16-34-22)24(21-13-7-15-33-21)26(32)28-19-10-3-2-4-11-19/h5-9,12-16,19,24H,2-4,10-11,17H2,1H3,(H,27,31)(H,28,32). The minimum absolute atomic E-state index is 0.0751. The number of hydrogen-bond acceptors (Lipinski definition) is 5. The molecule has 2 heterocycles. The molecule has 3 aromatic rings. The fraction of sp³-hybridized carbons (Fsp3) is 0.346. The average molecular weight is 480 g/mol. The molecule has 0 saturated heterocycles. The summed E-state index contributed by atoms with van der Waals surface area (Å²) in [6.45, 7) is 1.64. The molecule has 0 radical (unpaired) electrons. The lowest BCUT2D eigenvalue weighted by atomic mass is 9.95. The second-order valence-electron chi connectivity index (χ2n) is 8.47. The van der Waals surface area contributed by atoms with Crippen molar-refractivity contribution in [1.29, 1.82) is 0 Å². The highest BCUT2D eigenvalue weighted by Gasteiger charge is 2.36. The first-order valence-corrected chi connectivity index (χ1v) is 12.5. The highest BCUT2D eigenvalue weighted by Crippen LogP contribution is 2.31. The Morgan fingerprint density at radius 2 is 1.85 bits per heavy atom. The molecule has 1 aromatic carbocycles. The normalized spacial score (nSPS) is 14.9. The van der Waals surface area contributed by atoms with Crippen molar-refractivity contribution in [2.75, 3.05) is 11.4 Å². The monoisotopic (exact) mass is 479 g/mol. The van der Waals surface area contributed by atoms with Crippen LogP contribution in [0.15, 0.2) is 64.6 Å². The van der Waals surface area contributed by atoms with Gasteiger partial charge in [0.25, 0.3) is 11.8 Å². The predicted octanol–water partition coefficient (Wildman–Crippen LogP) is 4.60. The highest BCUT2D eigenvalue weighted by molar-refractivity contribution is 7.12. The zero-order valence-electron chi connectivity index (χ0n) is 19.2. The van der Waals surface area contributed by atoms with Crippen molar-refractivity contribution in [2.24, 2.45) is 0 Å². The van der Waals surface area contributed by atoms with Crippen LogP contribution in [0.25, 0.3) is 0 Å². The fourth-order valence-corrected chi connectivity index (χ4v) is 4.97. The number of anilines is 1. The topological polar surface area (TPSA) is 91.7 Å². The van der Waals surface area contributed by atoms with Crippen LogP contribution in [0.4, 0.5) is 5.69 Å². The van der Waals surface area contributed by atoms with Crippen LogP contribution in [0.5, 0.6) is 0 Å². The Labute approximate surface area is 203 Å². The minimum atomic E-state index is -0.996. The van der Waals surface area contributed by atoms with E-state index in [2.05, 4.69) is 10.6 Å². The van der Waals surface area contributed by atoms with E-state index in [1.54, 1.807) is 35.7 Å². The van der Waals surface area contributed by atoms with Crippen molar-refractivity contribution in [3.8, 4) is 0 Å². The van der Waals surface area contributed by atoms with Crippen LogP contribution in [0.2, 0.25) is 0 Å². The Morgan fingerprint density at radius 3 is 2.53 bits per heavy atom. The van der Waals surface area contributed by atoms with Gasteiger partial charge < -0.3 is 15.1 Å². The van der Waals surface area contributed by atoms with Crippen molar-refractivity contribution >= 4 is 34.7 Å². The van der Waals surface area contributed by atoms with E-state index >= 15 is 0 Å². The van der Waals surface area contributed by atoms with E-state index < -0.39 is 11.9 Å². The SMILES string of the molecule is Cc1ccccc1N(C(=O)CNC(=O)c1cccs1)C(C(=O)NC1CCCCC1)c1ccco1. The molecule has 1 aliphatic rings. The number of thiophene rings is 1. The van der Waals surface area contributed by atoms with Gasteiger partial charge in [0.1, 0.15) is 5.76 Å². The Hall–Kier alpha value is -3.39. The first kappa shape index (κ1) is 23.8. The average Bonchev–Trinajstić information content (AvgIpc) is 3.57. The van der Waals surface area contributed by atoms with Crippen molar-refractivity contribution in [3.05, 3.63) is 76.4 Å². The van der Waals surface area contributed by atoms with Crippen molar-refractivity contribution in [1.82, 2.24) is 10.6 Å². The summed E-state index contributed by atoms with van der Waals surface area (Å²) < 4.78 is 5.64. The van der Waals surface area contributed by atoms with Crippen LogP contribution in [-0.4, -0.2) is 30.3 Å². The van der Waals surface area contributed by atoms with Crippen LogP contribution in [0.3, 0.4) is 0 Å². The molecule has 34 heavy (non-hydrogen) atoms. The molecule has 2 N–H and O–H groups in total. The van der Waals surface area contributed by atoms with Gasteiger partial charge in [0.2, 0.25) is 5.91 Å². The number of carbonyl (C=O) groups excluding carboxylic acids is 3. The molecular weight excluding hydrogens is 450 g/mol. The smallest absolute Gasteiger partial charge is 0.261 e. The van der Waals surface area contributed by atoms with Crippen molar-refractivity contribution in [2.45, 2.75) is 51.1 Å². The lowest BCUT2D eigenvalue weighted by Gasteiger charge is -2.33. The number of amides is 3. The number of benzene rings is 1. The second kappa shape index (κ2) is 11.2. The van der Waals surface area contributed by atoms with Crippen LogP contribution in [0.1, 0.15) is 59.1 Å². The van der Waals surface area contributed by atoms with Gasteiger partial charge in [-0.15, -0.1) is 11.3 Å². The van der Waals surface area contributed by atoms with E-state index in [1.165, 1.54) is 28.9 Å². The molecule has 2 aromatic heterocycles. The largest absolute Gasteiger partial charge is 0.467 e. The molecule has 0 bridgehead atoms. The maximum atomic E-state index is 13.6. The van der Waals surface area contributed by atoms with Crippen LogP contribution in [0, 0.1) is 6.92 Å². The van der Waals surface area contributed by atoms with Gasteiger partial charge in [-0.3, -0.25) is 19.3 Å². The number of hydrogen-bond donors (Lipinski definition) is 2. The number of aryl methyl sites for hydroxylation is 1. The quantitative estimate of drug-likeness (QED) is 0.494. The third kappa shape index (κ3) is 5.56. The van der Waals surface area contributed by atoms with E-state index in [4.69, 9.17) is 4.42 Å². The Bertz CT molecular complexity index is 1110. The zero-order chi connectivity index (χ0) is 23.9. The number of nitrogens with one attached hydrogen (secondary N) is 2. The van der Waals surface area contributed by atoms with Gasteiger partial charge in [0.15, 0.2) is 6.04 Å². The van der Waals surface area contributed by atoms with Gasteiger partial charge in [-0.25, -0.2) is 0 Å². The van der Waals surface area contributed by atoms with E-state index in [1.807, 2.05) is 25.1 Å². The van der Waals surface area contributed by atoms with Gasteiger partial charge in [-0.1, -0.05) is 43.5 Å². The second-order valence-corrected chi connectivity index (χ2v) is 9.42. The molecule has 1 aliphatic carbocycles. The Kier molecular flexibility index (Phi) is 7.80. The third-order valence-electron chi connectivity index (χ3n) is 6.06. The van der Waals surface area contributed by atoms with E-state index in [0.717, 1.165) is 31.2 Å². The van der Waals surface area contributed by atoms with E-state index in [-0.39, 0.29) is 24.4 Å². The molecule has 1 fully saturated rings. The molecule has 0 spiro atoms. The van der Waals surface area contributed by atoms with Gasteiger partial charge in [0, 0.05) is 11.7 Å². The number of carbonyl (C=O) groups is 3. The molecule has 1 atom stereocenters. The lowest BCUT2D eigenvalue weighted by Crippen LogP contribution is -2.49. The molecule has 178 valence electrons. The highest BCUT2D eigenvalue weighted by atomic mass is 32.1. The molecule has 1 saturated carbocycles. The zero-order valence-corrected chi connectivity index (χ0v) is 20.0. The summed E-state index contributed by atoms with van der Waals surface area (Å²) in [6, 6.07) is 13.4. The summed E-state index contributed by atoms with van der Waals surface area (Å²) in [6.07, 6.45) is 6.66. The molecular formula is C26H29N3O4S. The number of rotatable bonds is 8. The summed E-state index contributed by atoms with van der Waals surface area (Å²) in [5, 5.41) is 7.64. The van der Waals surface area contributed by atoms with Gasteiger partial charge in [0.05, 0.1) is 17.7 Å². The first-order chi connectivity index (χ1) is 16.5. The van der Waals surface area contributed by atoms with Gasteiger partial charge in [-0.2, -0.15) is 0 Å². The molecule has 3 amide bonds. The maximum absolute atomic E-state index is 13.6. The third-order valence-corrected chi connectivity index (χ3v) is 6.93.